The van der Waals surface area contributed by atoms with E-state index >= 15 is 0 Å². The molecule has 27 heavy (non-hydrogen) atoms. The van der Waals surface area contributed by atoms with Crippen molar-refractivity contribution < 1.29 is 13.2 Å². The first-order chi connectivity index (χ1) is 12.9. The molecule has 2 aromatic carbocycles. The molecule has 0 saturated heterocycles. The molecular weight excluding hydrogens is 377 g/mol. The number of nitrogens with zero attached hydrogens (tertiary/aromatic N) is 2. The van der Waals surface area contributed by atoms with E-state index in [9.17, 15) is 13.2 Å². The maximum absolute atomic E-state index is 12.8. The highest BCUT2D eigenvalue weighted by molar-refractivity contribution is 6.30. The summed E-state index contributed by atoms with van der Waals surface area (Å²) in [5, 5.41) is 6.64. The van der Waals surface area contributed by atoms with Crippen molar-refractivity contribution in [3.05, 3.63) is 76.9 Å². The van der Waals surface area contributed by atoms with Gasteiger partial charge >= 0.3 is 6.18 Å². The summed E-state index contributed by atoms with van der Waals surface area (Å²) < 4.78 is 38.4. The topological polar surface area (TPSA) is 49.8 Å². The summed E-state index contributed by atoms with van der Waals surface area (Å²) in [6.07, 6.45) is -2.10. The van der Waals surface area contributed by atoms with Gasteiger partial charge in [-0.1, -0.05) is 29.8 Å². The highest BCUT2D eigenvalue weighted by Gasteiger charge is 2.30. The molecular formula is C19H16ClF3N4. The normalized spacial score (nSPS) is 11.3. The van der Waals surface area contributed by atoms with Crippen molar-refractivity contribution in [3.8, 4) is 0 Å². The van der Waals surface area contributed by atoms with Gasteiger partial charge in [-0.2, -0.15) is 18.2 Å². The molecule has 4 nitrogen and oxygen atoms in total. The van der Waals surface area contributed by atoms with Crippen LogP contribution in [-0.4, -0.2) is 16.5 Å². The summed E-state index contributed by atoms with van der Waals surface area (Å²) >= 11 is 5.86. The van der Waals surface area contributed by atoms with Gasteiger partial charge in [0, 0.05) is 23.5 Å². The molecule has 140 valence electrons. The van der Waals surface area contributed by atoms with Crippen LogP contribution in [0, 0.1) is 0 Å². The van der Waals surface area contributed by atoms with Crippen LogP contribution in [0.3, 0.4) is 0 Å². The van der Waals surface area contributed by atoms with Gasteiger partial charge in [0.15, 0.2) is 0 Å². The van der Waals surface area contributed by atoms with Gasteiger partial charge in [-0.25, -0.2) is 4.98 Å². The average Bonchev–Trinajstić information content (AvgIpc) is 2.63. The van der Waals surface area contributed by atoms with Crippen molar-refractivity contribution in [2.75, 3.05) is 17.2 Å². The zero-order valence-corrected chi connectivity index (χ0v) is 14.8. The van der Waals surface area contributed by atoms with Crippen LogP contribution < -0.4 is 10.6 Å². The van der Waals surface area contributed by atoms with Crippen LogP contribution in [0.15, 0.2) is 60.8 Å². The third-order valence-corrected chi connectivity index (χ3v) is 3.98. The number of benzene rings is 2. The molecule has 3 rings (SSSR count). The van der Waals surface area contributed by atoms with E-state index < -0.39 is 11.7 Å². The number of anilines is 3. The standard InChI is InChI=1S/C19H16ClF3N4/c20-15-6-4-13(5-7-15)8-10-24-18-25-11-9-17(27-18)26-16-3-1-2-14(12-16)19(21,22)23/h1-7,9,11-12H,8,10H2,(H2,24,25,26,27). The molecule has 0 bridgehead atoms. The van der Waals surface area contributed by atoms with Gasteiger partial charge in [0.05, 0.1) is 5.56 Å². The van der Waals surface area contributed by atoms with E-state index in [0.717, 1.165) is 24.1 Å². The Morgan fingerprint density at radius 1 is 1.00 bits per heavy atom. The Morgan fingerprint density at radius 3 is 2.52 bits per heavy atom. The maximum atomic E-state index is 12.8. The first-order valence-electron chi connectivity index (χ1n) is 8.16. The van der Waals surface area contributed by atoms with E-state index in [1.54, 1.807) is 12.1 Å². The Morgan fingerprint density at radius 2 is 1.78 bits per heavy atom. The van der Waals surface area contributed by atoms with Crippen LogP contribution in [0.25, 0.3) is 0 Å². The molecule has 1 aromatic heterocycles. The fourth-order valence-corrected chi connectivity index (χ4v) is 2.53. The van der Waals surface area contributed by atoms with Crippen molar-refractivity contribution in [2.24, 2.45) is 0 Å². The van der Waals surface area contributed by atoms with Gasteiger partial charge < -0.3 is 10.6 Å². The van der Waals surface area contributed by atoms with Crippen LogP contribution >= 0.6 is 11.6 Å². The smallest absolute Gasteiger partial charge is 0.354 e. The SMILES string of the molecule is FC(F)(F)c1cccc(Nc2ccnc(NCCc3ccc(Cl)cc3)n2)c1. The minimum absolute atomic E-state index is 0.302. The van der Waals surface area contributed by atoms with Crippen LogP contribution in [0.1, 0.15) is 11.1 Å². The molecule has 0 radical (unpaired) electrons. The highest BCUT2D eigenvalue weighted by Crippen LogP contribution is 2.31. The second-order valence-electron chi connectivity index (χ2n) is 5.77. The number of aromatic nitrogens is 2. The summed E-state index contributed by atoms with van der Waals surface area (Å²) in [7, 11) is 0. The van der Waals surface area contributed by atoms with Gasteiger partial charge in [0.2, 0.25) is 5.95 Å². The first-order valence-corrected chi connectivity index (χ1v) is 8.53. The second-order valence-corrected chi connectivity index (χ2v) is 6.21. The molecule has 0 aliphatic carbocycles. The number of halogens is 4. The minimum atomic E-state index is -4.39. The lowest BCUT2D eigenvalue weighted by Gasteiger charge is -2.11. The zero-order valence-electron chi connectivity index (χ0n) is 14.1. The lowest BCUT2D eigenvalue weighted by atomic mass is 10.1. The molecule has 1 heterocycles. The van der Waals surface area contributed by atoms with Gasteiger partial charge in [-0.05, 0) is 48.4 Å². The number of hydrogen-bond acceptors (Lipinski definition) is 4. The van der Waals surface area contributed by atoms with E-state index in [2.05, 4.69) is 20.6 Å². The Hall–Kier alpha value is -2.80. The van der Waals surface area contributed by atoms with Gasteiger partial charge in [-0.3, -0.25) is 0 Å². The molecule has 0 amide bonds. The summed E-state index contributed by atoms with van der Waals surface area (Å²) in [6, 6.07) is 14.1. The van der Waals surface area contributed by atoms with Crippen molar-refractivity contribution in [1.29, 1.82) is 0 Å². The molecule has 0 saturated carbocycles. The van der Waals surface area contributed by atoms with Crippen LogP contribution in [0.5, 0.6) is 0 Å². The third kappa shape index (κ3) is 5.59. The largest absolute Gasteiger partial charge is 0.416 e. The van der Waals surface area contributed by atoms with E-state index in [-0.39, 0.29) is 0 Å². The fourth-order valence-electron chi connectivity index (χ4n) is 2.40. The van der Waals surface area contributed by atoms with E-state index in [4.69, 9.17) is 11.6 Å². The summed E-state index contributed by atoms with van der Waals surface area (Å²) in [5.41, 5.74) is 0.698. The Bertz CT molecular complexity index is 898. The monoisotopic (exact) mass is 392 g/mol. The Labute approximate surface area is 159 Å². The molecule has 8 heteroatoms. The van der Waals surface area contributed by atoms with Gasteiger partial charge in [0.1, 0.15) is 5.82 Å². The van der Waals surface area contributed by atoms with E-state index in [1.807, 2.05) is 24.3 Å². The van der Waals surface area contributed by atoms with E-state index in [1.165, 1.54) is 12.3 Å². The van der Waals surface area contributed by atoms with Crippen molar-refractivity contribution in [2.45, 2.75) is 12.6 Å². The number of nitrogens with one attached hydrogen (secondary N) is 2. The quantitative estimate of drug-likeness (QED) is 0.577. The van der Waals surface area contributed by atoms with Crippen LogP contribution in [0.2, 0.25) is 5.02 Å². The lowest BCUT2D eigenvalue weighted by Crippen LogP contribution is -2.09. The van der Waals surface area contributed by atoms with Crippen molar-refractivity contribution in [1.82, 2.24) is 9.97 Å². The second kappa shape index (κ2) is 8.26. The molecule has 0 fully saturated rings. The number of alkyl halides is 3. The first kappa shape index (κ1) is 19.0. The van der Waals surface area contributed by atoms with Crippen molar-refractivity contribution >= 4 is 29.1 Å². The van der Waals surface area contributed by atoms with E-state index in [0.29, 0.717) is 29.0 Å². The molecule has 0 aliphatic rings. The Kier molecular flexibility index (Phi) is 5.81. The average molecular weight is 393 g/mol. The fraction of sp³-hybridized carbons (Fsp3) is 0.158. The lowest BCUT2D eigenvalue weighted by molar-refractivity contribution is -0.137. The molecule has 0 unspecified atom stereocenters. The molecule has 3 aromatic rings. The van der Waals surface area contributed by atoms with Crippen LogP contribution in [0.4, 0.5) is 30.6 Å². The predicted octanol–water partition coefficient (Wildman–Crippen LogP) is 5.55. The minimum Gasteiger partial charge on any atom is -0.354 e. The Balaban J connectivity index is 1.61. The summed E-state index contributed by atoms with van der Waals surface area (Å²) in [4.78, 5) is 8.39. The summed E-state index contributed by atoms with van der Waals surface area (Å²) in [5.74, 6) is 0.791. The highest BCUT2D eigenvalue weighted by atomic mass is 35.5. The number of rotatable bonds is 6. The third-order valence-electron chi connectivity index (χ3n) is 3.73. The van der Waals surface area contributed by atoms with Gasteiger partial charge in [-0.15, -0.1) is 0 Å². The molecule has 0 atom stereocenters. The van der Waals surface area contributed by atoms with Crippen molar-refractivity contribution in [3.63, 3.8) is 0 Å². The van der Waals surface area contributed by atoms with Crippen LogP contribution in [-0.2, 0) is 12.6 Å². The molecule has 0 spiro atoms. The zero-order chi connectivity index (χ0) is 19.3. The predicted molar refractivity (Wildman–Crippen MR) is 100 cm³/mol. The molecule has 0 aliphatic heterocycles. The molecule has 2 N–H and O–H groups in total. The number of hydrogen-bond donors (Lipinski definition) is 2. The van der Waals surface area contributed by atoms with Gasteiger partial charge in [0.25, 0.3) is 0 Å². The maximum Gasteiger partial charge on any atom is 0.416 e. The summed E-state index contributed by atoms with van der Waals surface area (Å²) in [6.45, 7) is 0.606.